The fourth-order valence-corrected chi connectivity index (χ4v) is 4.64. The lowest BCUT2D eigenvalue weighted by molar-refractivity contribution is 0.00994. The van der Waals surface area contributed by atoms with Crippen molar-refractivity contribution in [3.8, 4) is 5.75 Å². The number of likely N-dealkylation sites (N-methyl/N-ethyl adjacent to an activating group) is 1. The van der Waals surface area contributed by atoms with Gasteiger partial charge < -0.3 is 19.7 Å². The van der Waals surface area contributed by atoms with Crippen molar-refractivity contribution < 1.29 is 23.5 Å². The fourth-order valence-electron chi connectivity index (χ4n) is 4.64. The first-order valence-electron chi connectivity index (χ1n) is 12.6. The SMILES string of the molecule is CO[C@@H]1CN(C)C(=O)c2ccc(NC(=O)c3cccc(F)c3)cc2OC[C@@H](C)N(CC2CC2)C[C@@H]1C. The van der Waals surface area contributed by atoms with Gasteiger partial charge in [0.25, 0.3) is 11.8 Å². The number of nitrogens with zero attached hydrogens (tertiary/aromatic N) is 2. The fraction of sp³-hybridized carbons (Fsp3) is 0.500. The summed E-state index contributed by atoms with van der Waals surface area (Å²) in [7, 11) is 3.46. The summed E-state index contributed by atoms with van der Waals surface area (Å²) in [5, 5.41) is 2.78. The van der Waals surface area contributed by atoms with Gasteiger partial charge in [-0.3, -0.25) is 14.5 Å². The first-order valence-corrected chi connectivity index (χ1v) is 12.6. The number of benzene rings is 2. The summed E-state index contributed by atoms with van der Waals surface area (Å²) in [4.78, 5) is 30.1. The first-order chi connectivity index (χ1) is 17.2. The Labute approximate surface area is 212 Å². The van der Waals surface area contributed by atoms with Crippen LogP contribution in [0.1, 0.15) is 47.4 Å². The zero-order chi connectivity index (χ0) is 25.8. The van der Waals surface area contributed by atoms with Gasteiger partial charge in [-0.15, -0.1) is 0 Å². The molecule has 7 nitrogen and oxygen atoms in total. The van der Waals surface area contributed by atoms with E-state index in [1.165, 1.54) is 31.0 Å². The number of amides is 2. The Morgan fingerprint density at radius 3 is 2.64 bits per heavy atom. The standard InChI is InChI=1S/C28H36FN3O4/c1-18-14-32(15-20-8-9-20)19(2)17-36-25-13-23(30-27(33)21-6-5-7-22(29)12-21)10-11-24(25)28(34)31(3)16-26(18)35-4/h5-7,10-13,18-20,26H,8-9,14-17H2,1-4H3,(H,30,33)/t18-,19+,26+/m0/s1. The molecule has 1 aliphatic heterocycles. The molecule has 1 N–H and O–H groups in total. The van der Waals surface area contributed by atoms with Crippen molar-refractivity contribution >= 4 is 17.5 Å². The number of nitrogens with one attached hydrogen (secondary N) is 1. The van der Waals surface area contributed by atoms with Crippen LogP contribution in [0.15, 0.2) is 42.5 Å². The highest BCUT2D eigenvalue weighted by molar-refractivity contribution is 6.05. The van der Waals surface area contributed by atoms with E-state index in [-0.39, 0.29) is 29.5 Å². The molecule has 0 bridgehead atoms. The van der Waals surface area contributed by atoms with Crippen LogP contribution in [0.25, 0.3) is 0 Å². The van der Waals surface area contributed by atoms with E-state index in [9.17, 15) is 14.0 Å². The topological polar surface area (TPSA) is 71.1 Å². The van der Waals surface area contributed by atoms with Gasteiger partial charge in [-0.1, -0.05) is 13.0 Å². The average Bonchev–Trinajstić information content (AvgIpc) is 3.68. The van der Waals surface area contributed by atoms with Crippen molar-refractivity contribution in [1.29, 1.82) is 0 Å². The molecule has 1 saturated carbocycles. The maximum absolute atomic E-state index is 13.6. The van der Waals surface area contributed by atoms with Crippen LogP contribution in [0, 0.1) is 17.7 Å². The molecule has 0 aromatic heterocycles. The van der Waals surface area contributed by atoms with Gasteiger partial charge in [0.1, 0.15) is 18.2 Å². The van der Waals surface area contributed by atoms with Crippen LogP contribution in [0.4, 0.5) is 10.1 Å². The van der Waals surface area contributed by atoms with Gasteiger partial charge in [-0.05, 0) is 61.9 Å². The van der Waals surface area contributed by atoms with Crippen molar-refractivity contribution in [3.05, 3.63) is 59.4 Å². The van der Waals surface area contributed by atoms with E-state index in [2.05, 4.69) is 24.1 Å². The molecule has 3 atom stereocenters. The molecule has 194 valence electrons. The molecule has 4 rings (SSSR count). The number of carbonyl (C=O) groups excluding carboxylic acids is 2. The van der Waals surface area contributed by atoms with Crippen LogP contribution >= 0.6 is 0 Å². The second-order valence-electron chi connectivity index (χ2n) is 10.2. The highest BCUT2D eigenvalue weighted by Crippen LogP contribution is 2.32. The number of carbonyl (C=O) groups is 2. The van der Waals surface area contributed by atoms with Gasteiger partial charge in [0.2, 0.25) is 0 Å². The van der Waals surface area contributed by atoms with Crippen LogP contribution in [-0.2, 0) is 4.74 Å². The van der Waals surface area contributed by atoms with Crippen LogP contribution in [0.3, 0.4) is 0 Å². The van der Waals surface area contributed by atoms with Gasteiger partial charge in [0.15, 0.2) is 0 Å². The summed E-state index contributed by atoms with van der Waals surface area (Å²) >= 11 is 0. The lowest BCUT2D eigenvalue weighted by Crippen LogP contribution is -2.47. The van der Waals surface area contributed by atoms with E-state index >= 15 is 0 Å². The van der Waals surface area contributed by atoms with Gasteiger partial charge >= 0.3 is 0 Å². The van der Waals surface area contributed by atoms with E-state index < -0.39 is 11.7 Å². The smallest absolute Gasteiger partial charge is 0.257 e. The van der Waals surface area contributed by atoms with Crippen LogP contribution < -0.4 is 10.1 Å². The van der Waals surface area contributed by atoms with Crippen LogP contribution in [0.5, 0.6) is 5.75 Å². The Bertz CT molecular complexity index is 1090. The number of ether oxygens (including phenoxy) is 2. The zero-order valence-corrected chi connectivity index (χ0v) is 21.5. The molecule has 1 aliphatic carbocycles. The molecule has 2 aromatic carbocycles. The molecule has 2 amide bonds. The maximum Gasteiger partial charge on any atom is 0.257 e. The van der Waals surface area contributed by atoms with Crippen LogP contribution in [0.2, 0.25) is 0 Å². The minimum absolute atomic E-state index is 0.0959. The Morgan fingerprint density at radius 1 is 1.17 bits per heavy atom. The molecular weight excluding hydrogens is 461 g/mol. The Kier molecular flexibility index (Phi) is 8.26. The third kappa shape index (κ3) is 6.42. The molecular formula is C28H36FN3O4. The van der Waals surface area contributed by atoms with Crippen LogP contribution in [-0.4, -0.2) is 74.2 Å². The average molecular weight is 498 g/mol. The maximum atomic E-state index is 13.6. The highest BCUT2D eigenvalue weighted by Gasteiger charge is 2.31. The second kappa shape index (κ2) is 11.4. The van der Waals surface area contributed by atoms with E-state index in [0.29, 0.717) is 30.2 Å². The molecule has 8 heteroatoms. The lowest BCUT2D eigenvalue weighted by Gasteiger charge is -2.36. The monoisotopic (exact) mass is 497 g/mol. The zero-order valence-electron chi connectivity index (χ0n) is 21.5. The van der Waals surface area contributed by atoms with Crippen molar-refractivity contribution in [2.45, 2.75) is 38.8 Å². The Balaban J connectivity index is 1.60. The summed E-state index contributed by atoms with van der Waals surface area (Å²) in [5.41, 5.74) is 1.10. The van der Waals surface area contributed by atoms with E-state index in [1.807, 2.05) is 0 Å². The number of hydrogen-bond donors (Lipinski definition) is 1. The van der Waals surface area contributed by atoms with Crippen molar-refractivity contribution in [2.24, 2.45) is 11.8 Å². The quantitative estimate of drug-likeness (QED) is 0.667. The number of methoxy groups -OCH3 is 1. The molecule has 0 unspecified atom stereocenters. The highest BCUT2D eigenvalue weighted by atomic mass is 19.1. The van der Waals surface area contributed by atoms with Gasteiger partial charge in [0.05, 0.1) is 11.7 Å². The Hall–Kier alpha value is -2.97. The number of anilines is 1. The third-order valence-electron chi connectivity index (χ3n) is 7.11. The van der Waals surface area contributed by atoms with E-state index in [1.54, 1.807) is 43.3 Å². The predicted molar refractivity (Wildman–Crippen MR) is 137 cm³/mol. The molecule has 2 aliphatic rings. The van der Waals surface area contributed by atoms with E-state index in [4.69, 9.17) is 9.47 Å². The number of halogens is 1. The first kappa shape index (κ1) is 26.1. The van der Waals surface area contributed by atoms with Gasteiger partial charge in [-0.2, -0.15) is 0 Å². The minimum atomic E-state index is -0.481. The van der Waals surface area contributed by atoms with Crippen molar-refractivity contribution in [1.82, 2.24) is 9.80 Å². The molecule has 0 radical (unpaired) electrons. The molecule has 1 heterocycles. The molecule has 0 spiro atoms. The summed E-state index contributed by atoms with van der Waals surface area (Å²) in [6.45, 7) is 7.07. The predicted octanol–water partition coefficient (Wildman–Crippen LogP) is 4.29. The lowest BCUT2D eigenvalue weighted by atomic mass is 10.0. The van der Waals surface area contributed by atoms with E-state index in [0.717, 1.165) is 19.0 Å². The molecule has 0 saturated heterocycles. The van der Waals surface area contributed by atoms with Crippen molar-refractivity contribution in [2.75, 3.05) is 45.7 Å². The third-order valence-corrected chi connectivity index (χ3v) is 7.11. The molecule has 2 aromatic rings. The molecule has 36 heavy (non-hydrogen) atoms. The Morgan fingerprint density at radius 2 is 1.94 bits per heavy atom. The second-order valence-corrected chi connectivity index (χ2v) is 10.2. The minimum Gasteiger partial charge on any atom is -0.491 e. The number of rotatable bonds is 5. The van der Waals surface area contributed by atoms with Gasteiger partial charge in [-0.25, -0.2) is 4.39 Å². The summed E-state index contributed by atoms with van der Waals surface area (Å²) < 4.78 is 25.6. The summed E-state index contributed by atoms with van der Waals surface area (Å²) in [6.07, 6.45) is 2.43. The normalized spacial score (nSPS) is 23.8. The number of fused-ring (bicyclic) bond motifs is 1. The van der Waals surface area contributed by atoms with Crippen molar-refractivity contribution in [3.63, 3.8) is 0 Å². The molecule has 1 fully saturated rings. The largest absolute Gasteiger partial charge is 0.491 e. The number of hydrogen-bond acceptors (Lipinski definition) is 5. The summed E-state index contributed by atoms with van der Waals surface area (Å²) in [5.74, 6) is 0.285. The summed E-state index contributed by atoms with van der Waals surface area (Å²) in [6, 6.07) is 10.6. The van der Waals surface area contributed by atoms with Gasteiger partial charge in [0, 0.05) is 57.2 Å².